The zero-order valence-electron chi connectivity index (χ0n) is 10.2. The van der Waals surface area contributed by atoms with Gasteiger partial charge in [0.2, 0.25) is 6.17 Å². The van der Waals surface area contributed by atoms with Crippen LogP contribution in [0.3, 0.4) is 0 Å². The third-order valence-electron chi connectivity index (χ3n) is 2.40. The van der Waals surface area contributed by atoms with Gasteiger partial charge in [0, 0.05) is 11.6 Å². The van der Waals surface area contributed by atoms with E-state index < -0.39 is 18.2 Å². The van der Waals surface area contributed by atoms with Gasteiger partial charge < -0.3 is 20.3 Å². The molecule has 0 aliphatic carbocycles. The van der Waals surface area contributed by atoms with Crippen molar-refractivity contribution in [2.45, 2.75) is 19.1 Å². The average molecular weight is 257 g/mol. The molecule has 18 heavy (non-hydrogen) atoms. The zero-order valence-corrected chi connectivity index (χ0v) is 10.2. The first kappa shape index (κ1) is 14.2. The molecule has 0 amide bonds. The van der Waals surface area contributed by atoms with Crippen LogP contribution in [0.2, 0.25) is 0 Å². The van der Waals surface area contributed by atoms with E-state index in [1.54, 1.807) is 6.92 Å². The van der Waals surface area contributed by atoms with Gasteiger partial charge in [-0.2, -0.15) is 0 Å². The number of ether oxygens (including phenoxy) is 2. The number of carbonyl (C=O) groups excluding carboxylic acids is 1. The van der Waals surface area contributed by atoms with Gasteiger partial charge in [-0.05, 0) is 19.1 Å². The van der Waals surface area contributed by atoms with Crippen LogP contribution in [0, 0.1) is 0 Å². The minimum absolute atomic E-state index is 0.0330. The van der Waals surface area contributed by atoms with Crippen molar-refractivity contribution < 1.29 is 23.8 Å². The van der Waals surface area contributed by atoms with Crippen molar-refractivity contribution in [1.82, 2.24) is 0 Å². The molecule has 6 heteroatoms. The molecule has 0 aliphatic rings. The van der Waals surface area contributed by atoms with Gasteiger partial charge in [0.05, 0.1) is 19.8 Å². The molecule has 0 heterocycles. The minimum Gasteiger partial charge on any atom is -0.508 e. The monoisotopic (exact) mass is 257 g/mol. The van der Waals surface area contributed by atoms with Gasteiger partial charge in [-0.15, -0.1) is 0 Å². The number of phenolic OH excluding ortho intramolecular Hbond substituents is 1. The van der Waals surface area contributed by atoms with Gasteiger partial charge in [-0.1, -0.05) is 0 Å². The predicted molar refractivity (Wildman–Crippen MR) is 63.1 cm³/mol. The van der Waals surface area contributed by atoms with Crippen molar-refractivity contribution in [2.75, 3.05) is 13.7 Å². The Morgan fingerprint density at radius 1 is 1.56 bits per heavy atom. The number of rotatable bonds is 5. The topological polar surface area (TPSA) is 81.8 Å². The molecule has 1 aromatic rings. The highest BCUT2D eigenvalue weighted by molar-refractivity contribution is 5.76. The van der Waals surface area contributed by atoms with Gasteiger partial charge in [-0.25, -0.2) is 9.18 Å². The van der Waals surface area contributed by atoms with Crippen LogP contribution in [0.4, 0.5) is 4.39 Å². The van der Waals surface area contributed by atoms with E-state index in [1.165, 1.54) is 25.3 Å². The fraction of sp³-hybridized carbons (Fsp3) is 0.417. The number of esters is 1. The minimum atomic E-state index is -1.98. The summed E-state index contributed by atoms with van der Waals surface area (Å²) >= 11 is 0. The van der Waals surface area contributed by atoms with Gasteiger partial charge in [-0.3, -0.25) is 0 Å². The highest BCUT2D eigenvalue weighted by Crippen LogP contribution is 2.30. The Hall–Kier alpha value is -1.82. The lowest BCUT2D eigenvalue weighted by Gasteiger charge is -2.18. The van der Waals surface area contributed by atoms with Gasteiger partial charge in [0.1, 0.15) is 11.5 Å². The van der Waals surface area contributed by atoms with E-state index in [1.807, 2.05) is 0 Å². The maximum absolute atomic E-state index is 13.8. The largest absolute Gasteiger partial charge is 0.508 e. The Bertz CT molecular complexity index is 425. The maximum atomic E-state index is 13.8. The predicted octanol–water partition coefficient (Wildman–Crippen LogP) is 1.30. The number of carbonyl (C=O) groups is 1. The zero-order chi connectivity index (χ0) is 13.7. The summed E-state index contributed by atoms with van der Waals surface area (Å²) in [7, 11) is 1.36. The molecule has 0 saturated heterocycles. The molecular weight excluding hydrogens is 241 g/mol. The van der Waals surface area contributed by atoms with Gasteiger partial charge >= 0.3 is 5.97 Å². The summed E-state index contributed by atoms with van der Waals surface area (Å²) in [6, 6.07) is 2.84. The standard InChI is InChI=1S/C12H16FNO4/c1-3-18-12(16)10(13)11(14)8-5-4-7(15)6-9(8)17-2/h4-6,10-11,15H,3,14H2,1-2H3/t10?,11-/m1/s1. The second kappa shape index (κ2) is 6.20. The van der Waals surface area contributed by atoms with Gasteiger partial charge in [0.25, 0.3) is 0 Å². The maximum Gasteiger partial charge on any atom is 0.342 e. The van der Waals surface area contributed by atoms with Gasteiger partial charge in [0.15, 0.2) is 0 Å². The van der Waals surface area contributed by atoms with Crippen LogP contribution < -0.4 is 10.5 Å². The third-order valence-corrected chi connectivity index (χ3v) is 2.40. The molecule has 0 spiro atoms. The Morgan fingerprint density at radius 2 is 2.22 bits per heavy atom. The van der Waals surface area contributed by atoms with E-state index in [2.05, 4.69) is 4.74 Å². The fourth-order valence-corrected chi connectivity index (χ4v) is 1.50. The summed E-state index contributed by atoms with van der Waals surface area (Å²) in [5, 5.41) is 9.28. The summed E-state index contributed by atoms with van der Waals surface area (Å²) in [5.74, 6) is -0.830. The molecular formula is C12H16FNO4. The summed E-state index contributed by atoms with van der Waals surface area (Å²) in [4.78, 5) is 11.3. The first-order valence-corrected chi connectivity index (χ1v) is 5.44. The first-order valence-electron chi connectivity index (χ1n) is 5.44. The van der Waals surface area contributed by atoms with E-state index in [4.69, 9.17) is 10.5 Å². The number of methoxy groups -OCH3 is 1. The highest BCUT2D eigenvalue weighted by atomic mass is 19.1. The second-order valence-corrected chi connectivity index (χ2v) is 3.61. The summed E-state index contributed by atoms with van der Waals surface area (Å²) < 4.78 is 23.3. The average Bonchev–Trinajstić information content (AvgIpc) is 2.37. The van der Waals surface area contributed by atoms with Crippen LogP contribution in [0.1, 0.15) is 18.5 Å². The molecule has 1 aromatic carbocycles. The summed E-state index contributed by atoms with van der Waals surface area (Å²) in [6.07, 6.45) is -1.98. The van der Waals surface area contributed by atoms with Crippen molar-refractivity contribution in [3.63, 3.8) is 0 Å². The molecule has 0 bridgehead atoms. The Balaban J connectivity index is 2.95. The van der Waals surface area contributed by atoms with Crippen LogP contribution in [0.25, 0.3) is 0 Å². The quantitative estimate of drug-likeness (QED) is 0.777. The number of alkyl halides is 1. The number of hydrogen-bond donors (Lipinski definition) is 2. The van der Waals surface area contributed by atoms with Crippen molar-refractivity contribution in [3.8, 4) is 11.5 Å². The molecule has 1 unspecified atom stereocenters. The summed E-state index contributed by atoms with van der Waals surface area (Å²) in [5.41, 5.74) is 5.95. The van der Waals surface area contributed by atoms with Crippen LogP contribution in [0.15, 0.2) is 18.2 Å². The van der Waals surface area contributed by atoms with Crippen molar-refractivity contribution in [1.29, 1.82) is 0 Å². The molecule has 5 nitrogen and oxygen atoms in total. The molecule has 0 aromatic heterocycles. The number of aromatic hydroxyl groups is 1. The van der Waals surface area contributed by atoms with Crippen LogP contribution in [0.5, 0.6) is 11.5 Å². The molecule has 0 saturated carbocycles. The SMILES string of the molecule is CCOC(=O)C(F)[C@H](N)c1ccc(O)cc1OC. The van der Waals surface area contributed by atoms with Crippen molar-refractivity contribution in [3.05, 3.63) is 23.8 Å². The molecule has 0 fully saturated rings. The molecule has 0 radical (unpaired) electrons. The molecule has 2 atom stereocenters. The van der Waals surface area contributed by atoms with Crippen LogP contribution in [-0.2, 0) is 9.53 Å². The highest BCUT2D eigenvalue weighted by Gasteiger charge is 2.29. The van der Waals surface area contributed by atoms with Crippen LogP contribution >= 0.6 is 0 Å². The smallest absolute Gasteiger partial charge is 0.342 e. The first-order chi connectivity index (χ1) is 8.51. The molecule has 100 valence electrons. The lowest BCUT2D eigenvalue weighted by atomic mass is 10.0. The molecule has 1 rings (SSSR count). The normalized spacial score (nSPS) is 13.8. The fourth-order valence-electron chi connectivity index (χ4n) is 1.50. The van der Waals surface area contributed by atoms with E-state index in [0.717, 1.165) is 0 Å². The molecule has 0 aliphatic heterocycles. The lowest BCUT2D eigenvalue weighted by molar-refractivity contribution is -0.149. The number of halogens is 1. The van der Waals surface area contributed by atoms with E-state index in [-0.39, 0.29) is 23.7 Å². The number of hydrogen-bond acceptors (Lipinski definition) is 5. The Morgan fingerprint density at radius 3 is 2.78 bits per heavy atom. The lowest BCUT2D eigenvalue weighted by Crippen LogP contribution is -2.31. The Kier molecular flexibility index (Phi) is 4.91. The molecule has 3 N–H and O–H groups in total. The number of phenols is 1. The second-order valence-electron chi connectivity index (χ2n) is 3.61. The van der Waals surface area contributed by atoms with E-state index in [0.29, 0.717) is 0 Å². The van der Waals surface area contributed by atoms with E-state index >= 15 is 0 Å². The number of benzene rings is 1. The van der Waals surface area contributed by atoms with Crippen molar-refractivity contribution in [2.24, 2.45) is 5.73 Å². The van der Waals surface area contributed by atoms with E-state index in [9.17, 15) is 14.3 Å². The van der Waals surface area contributed by atoms with Crippen molar-refractivity contribution >= 4 is 5.97 Å². The van der Waals surface area contributed by atoms with Crippen LogP contribution in [-0.4, -0.2) is 31.0 Å². The number of nitrogens with two attached hydrogens (primary N) is 1. The third kappa shape index (κ3) is 3.10. The summed E-state index contributed by atoms with van der Waals surface area (Å²) in [6.45, 7) is 1.66. The Labute approximate surface area is 104 Å².